The third-order valence-corrected chi connectivity index (χ3v) is 4.27. The van der Waals surface area contributed by atoms with Crippen molar-refractivity contribution in [3.8, 4) is 5.88 Å². The minimum Gasteiger partial charge on any atom is -0.475 e. The van der Waals surface area contributed by atoms with Crippen LogP contribution in [-0.4, -0.2) is 56.2 Å². The maximum absolute atomic E-state index is 12.6. The largest absolute Gasteiger partial charge is 0.475 e. The fourth-order valence-electron chi connectivity index (χ4n) is 3.09. The van der Waals surface area contributed by atoms with Gasteiger partial charge in [-0.05, 0) is 19.4 Å². The molecule has 1 unspecified atom stereocenters. The summed E-state index contributed by atoms with van der Waals surface area (Å²) in [5, 5.41) is 7.22. The zero-order chi connectivity index (χ0) is 17.9. The molecule has 1 N–H and O–H groups in total. The predicted octanol–water partition coefficient (Wildman–Crippen LogP) is 0.927. The molecular formula is C17H19N7O2. The lowest BCUT2D eigenvalue weighted by molar-refractivity contribution is 0.0942. The molecule has 1 aliphatic rings. The lowest BCUT2D eigenvalue weighted by Crippen LogP contribution is -2.37. The Morgan fingerprint density at radius 2 is 2.19 bits per heavy atom. The molecule has 3 aromatic rings. The van der Waals surface area contributed by atoms with Crippen LogP contribution in [0, 0.1) is 0 Å². The maximum Gasteiger partial charge on any atom is 0.257 e. The van der Waals surface area contributed by atoms with E-state index in [4.69, 9.17) is 4.74 Å². The SMILES string of the molecule is CCOc1nccnc1N1CCC(NC(=O)c2cnn3cccnc23)C1. The van der Waals surface area contributed by atoms with Gasteiger partial charge in [0.1, 0.15) is 5.56 Å². The Labute approximate surface area is 150 Å². The molecule has 0 aromatic carbocycles. The smallest absolute Gasteiger partial charge is 0.257 e. The number of hydrogen-bond acceptors (Lipinski definition) is 7. The first-order chi connectivity index (χ1) is 12.8. The molecular weight excluding hydrogens is 334 g/mol. The number of rotatable bonds is 5. The van der Waals surface area contributed by atoms with Crippen molar-refractivity contribution in [2.45, 2.75) is 19.4 Å². The van der Waals surface area contributed by atoms with Crippen molar-refractivity contribution in [2.75, 3.05) is 24.6 Å². The Bertz CT molecular complexity index is 926. The van der Waals surface area contributed by atoms with Gasteiger partial charge in [-0.25, -0.2) is 19.5 Å². The van der Waals surface area contributed by atoms with Crippen molar-refractivity contribution in [1.29, 1.82) is 0 Å². The van der Waals surface area contributed by atoms with Crippen LogP contribution in [-0.2, 0) is 0 Å². The van der Waals surface area contributed by atoms with E-state index >= 15 is 0 Å². The molecule has 26 heavy (non-hydrogen) atoms. The van der Waals surface area contributed by atoms with Crippen molar-refractivity contribution in [3.63, 3.8) is 0 Å². The van der Waals surface area contributed by atoms with Gasteiger partial charge in [-0.15, -0.1) is 0 Å². The summed E-state index contributed by atoms with van der Waals surface area (Å²) in [5.74, 6) is 1.06. The predicted molar refractivity (Wildman–Crippen MR) is 94.3 cm³/mol. The van der Waals surface area contributed by atoms with Gasteiger partial charge < -0.3 is 15.0 Å². The molecule has 1 aliphatic heterocycles. The second kappa shape index (κ2) is 6.95. The van der Waals surface area contributed by atoms with Gasteiger partial charge in [0, 0.05) is 43.9 Å². The topological polar surface area (TPSA) is 97.5 Å². The van der Waals surface area contributed by atoms with Gasteiger partial charge in [0.2, 0.25) is 0 Å². The number of aromatic nitrogens is 5. The molecule has 9 heteroatoms. The Morgan fingerprint density at radius 1 is 1.31 bits per heavy atom. The molecule has 1 saturated heterocycles. The summed E-state index contributed by atoms with van der Waals surface area (Å²) < 4.78 is 7.14. The van der Waals surface area contributed by atoms with Crippen LogP contribution in [0.3, 0.4) is 0 Å². The zero-order valence-corrected chi connectivity index (χ0v) is 14.4. The van der Waals surface area contributed by atoms with Crippen LogP contribution in [0.15, 0.2) is 37.1 Å². The molecule has 134 valence electrons. The standard InChI is InChI=1S/C17H19N7O2/c1-2-26-17-15(19-6-7-20-17)23-9-4-12(11-23)22-16(25)13-10-21-24-8-3-5-18-14(13)24/h3,5-8,10,12H,2,4,9,11H2,1H3,(H,22,25). The minimum absolute atomic E-state index is 0.0117. The summed E-state index contributed by atoms with van der Waals surface area (Å²) in [6.45, 7) is 3.87. The third kappa shape index (κ3) is 3.03. The van der Waals surface area contributed by atoms with Gasteiger partial charge in [0.25, 0.3) is 11.8 Å². The number of nitrogens with one attached hydrogen (secondary N) is 1. The number of anilines is 1. The third-order valence-electron chi connectivity index (χ3n) is 4.27. The number of amides is 1. The lowest BCUT2D eigenvalue weighted by Gasteiger charge is -2.19. The quantitative estimate of drug-likeness (QED) is 0.728. The number of hydrogen-bond donors (Lipinski definition) is 1. The number of ether oxygens (including phenoxy) is 1. The Balaban J connectivity index is 1.45. The molecule has 1 atom stereocenters. The zero-order valence-electron chi connectivity index (χ0n) is 14.4. The average Bonchev–Trinajstić information content (AvgIpc) is 3.29. The lowest BCUT2D eigenvalue weighted by atomic mass is 10.2. The van der Waals surface area contributed by atoms with Crippen LogP contribution in [0.25, 0.3) is 5.65 Å². The van der Waals surface area contributed by atoms with Crippen LogP contribution in [0.5, 0.6) is 5.88 Å². The highest BCUT2D eigenvalue weighted by molar-refractivity contribution is 5.99. The van der Waals surface area contributed by atoms with Gasteiger partial charge in [-0.3, -0.25) is 4.79 Å². The van der Waals surface area contributed by atoms with Gasteiger partial charge in [-0.2, -0.15) is 5.10 Å². The van der Waals surface area contributed by atoms with E-state index in [9.17, 15) is 4.79 Å². The maximum atomic E-state index is 12.6. The van der Waals surface area contributed by atoms with E-state index in [1.54, 1.807) is 41.6 Å². The first kappa shape index (κ1) is 16.2. The molecule has 3 aromatic heterocycles. The highest BCUT2D eigenvalue weighted by Gasteiger charge is 2.28. The summed E-state index contributed by atoms with van der Waals surface area (Å²) in [4.78, 5) is 27.5. The molecule has 0 bridgehead atoms. The number of nitrogens with zero attached hydrogens (tertiary/aromatic N) is 6. The van der Waals surface area contributed by atoms with Crippen molar-refractivity contribution in [3.05, 3.63) is 42.6 Å². The van der Waals surface area contributed by atoms with E-state index in [0.717, 1.165) is 13.0 Å². The summed E-state index contributed by atoms with van der Waals surface area (Å²) >= 11 is 0. The van der Waals surface area contributed by atoms with Gasteiger partial charge in [-0.1, -0.05) is 0 Å². The normalized spacial score (nSPS) is 16.8. The molecule has 1 fully saturated rings. The molecule has 4 rings (SSSR count). The van der Waals surface area contributed by atoms with E-state index in [2.05, 4.69) is 30.3 Å². The van der Waals surface area contributed by atoms with Crippen LogP contribution < -0.4 is 15.0 Å². The fraction of sp³-hybridized carbons (Fsp3) is 0.353. The summed E-state index contributed by atoms with van der Waals surface area (Å²) in [7, 11) is 0. The molecule has 0 aliphatic carbocycles. The second-order valence-corrected chi connectivity index (χ2v) is 5.97. The number of carbonyl (C=O) groups is 1. The average molecular weight is 353 g/mol. The minimum atomic E-state index is -0.172. The van der Waals surface area contributed by atoms with Crippen molar-refractivity contribution < 1.29 is 9.53 Å². The van der Waals surface area contributed by atoms with Gasteiger partial charge >= 0.3 is 0 Å². The van der Waals surface area contributed by atoms with E-state index in [0.29, 0.717) is 36.1 Å². The van der Waals surface area contributed by atoms with Crippen molar-refractivity contribution >= 4 is 17.4 Å². The summed E-state index contributed by atoms with van der Waals surface area (Å²) in [6.07, 6.45) is 9.03. The Hall–Kier alpha value is -3.23. The molecule has 4 heterocycles. The number of fused-ring (bicyclic) bond motifs is 1. The Morgan fingerprint density at radius 3 is 3.08 bits per heavy atom. The van der Waals surface area contributed by atoms with Gasteiger partial charge in [0.05, 0.1) is 12.8 Å². The molecule has 9 nitrogen and oxygen atoms in total. The van der Waals surface area contributed by atoms with E-state index in [-0.39, 0.29) is 11.9 Å². The fourth-order valence-corrected chi connectivity index (χ4v) is 3.09. The second-order valence-electron chi connectivity index (χ2n) is 5.97. The van der Waals surface area contributed by atoms with E-state index in [1.807, 2.05) is 6.92 Å². The molecule has 0 saturated carbocycles. The number of carbonyl (C=O) groups excluding carboxylic acids is 1. The summed E-state index contributed by atoms with van der Waals surface area (Å²) in [6, 6.07) is 1.78. The molecule has 0 spiro atoms. The molecule has 0 radical (unpaired) electrons. The van der Waals surface area contributed by atoms with Crippen molar-refractivity contribution in [2.24, 2.45) is 0 Å². The first-order valence-corrected chi connectivity index (χ1v) is 8.54. The van der Waals surface area contributed by atoms with Crippen LogP contribution in [0.2, 0.25) is 0 Å². The monoisotopic (exact) mass is 353 g/mol. The van der Waals surface area contributed by atoms with Crippen LogP contribution >= 0.6 is 0 Å². The molecule has 1 amide bonds. The first-order valence-electron chi connectivity index (χ1n) is 8.54. The van der Waals surface area contributed by atoms with Crippen molar-refractivity contribution in [1.82, 2.24) is 29.9 Å². The van der Waals surface area contributed by atoms with E-state index in [1.165, 1.54) is 0 Å². The van der Waals surface area contributed by atoms with E-state index < -0.39 is 0 Å². The highest BCUT2D eigenvalue weighted by Crippen LogP contribution is 2.26. The van der Waals surface area contributed by atoms with Crippen LogP contribution in [0.1, 0.15) is 23.7 Å². The Kier molecular flexibility index (Phi) is 4.34. The van der Waals surface area contributed by atoms with Gasteiger partial charge in [0.15, 0.2) is 11.5 Å². The highest BCUT2D eigenvalue weighted by atomic mass is 16.5. The van der Waals surface area contributed by atoms with Crippen LogP contribution in [0.4, 0.5) is 5.82 Å². The summed E-state index contributed by atoms with van der Waals surface area (Å²) in [5.41, 5.74) is 1.02.